The van der Waals surface area contributed by atoms with Crippen LogP contribution >= 0.6 is 0 Å². The summed E-state index contributed by atoms with van der Waals surface area (Å²) in [6.45, 7) is 2.64. The van der Waals surface area contributed by atoms with Gasteiger partial charge in [-0.1, -0.05) is 0 Å². The average Bonchev–Trinajstić information content (AvgIpc) is 3.02. The van der Waals surface area contributed by atoms with Gasteiger partial charge < -0.3 is 14.8 Å². The molecule has 2 atom stereocenters. The number of aromatic amines is 1. The van der Waals surface area contributed by atoms with Crippen molar-refractivity contribution in [2.45, 2.75) is 12.8 Å². The largest absolute Gasteiger partial charge is 0.359 e. The van der Waals surface area contributed by atoms with E-state index < -0.39 is 0 Å². The first-order valence-corrected chi connectivity index (χ1v) is 8.33. The topological polar surface area (TPSA) is 88.9 Å². The van der Waals surface area contributed by atoms with Gasteiger partial charge in [-0.25, -0.2) is 9.97 Å². The molecule has 124 valence electrons. The Morgan fingerprint density at radius 2 is 2.25 bits per heavy atom. The fourth-order valence-corrected chi connectivity index (χ4v) is 4.01. The zero-order valence-electron chi connectivity index (χ0n) is 13.6. The van der Waals surface area contributed by atoms with Gasteiger partial charge in [-0.3, -0.25) is 4.79 Å². The molecule has 1 amide bonds. The Balaban J connectivity index is 1.35. The summed E-state index contributed by atoms with van der Waals surface area (Å²) in [4.78, 5) is 27.9. The summed E-state index contributed by atoms with van der Waals surface area (Å²) in [6, 6.07) is 4.05. The number of nitriles is 1. The molecule has 1 saturated heterocycles. The number of H-pyrrole nitrogens is 1. The van der Waals surface area contributed by atoms with Gasteiger partial charge >= 0.3 is 0 Å². The number of fused-ring (bicyclic) bond motifs is 2. The van der Waals surface area contributed by atoms with E-state index in [0.717, 1.165) is 36.5 Å². The monoisotopic (exact) mass is 324 g/mol. The lowest BCUT2D eigenvalue weighted by Gasteiger charge is -2.23. The van der Waals surface area contributed by atoms with Gasteiger partial charge in [0.25, 0.3) is 0 Å². The summed E-state index contributed by atoms with van der Waals surface area (Å²) in [5.74, 6) is 2.90. The molecule has 7 nitrogen and oxygen atoms in total. The highest BCUT2D eigenvalue weighted by Gasteiger charge is 2.56. The summed E-state index contributed by atoms with van der Waals surface area (Å²) >= 11 is 0. The number of likely N-dealkylation sites (tertiary alicyclic amines) is 1. The smallest absolute Gasteiger partial charge is 0.223 e. The van der Waals surface area contributed by atoms with Crippen LogP contribution in [-0.4, -0.2) is 52.4 Å². The van der Waals surface area contributed by atoms with Crippen molar-refractivity contribution in [1.82, 2.24) is 19.9 Å². The number of rotatable bonds is 5. The van der Waals surface area contributed by atoms with Crippen molar-refractivity contribution in [3.05, 3.63) is 18.6 Å². The van der Waals surface area contributed by atoms with E-state index >= 15 is 0 Å². The van der Waals surface area contributed by atoms with Gasteiger partial charge in [-0.2, -0.15) is 5.26 Å². The molecule has 24 heavy (non-hydrogen) atoms. The van der Waals surface area contributed by atoms with E-state index in [2.05, 4.69) is 26.9 Å². The Morgan fingerprint density at radius 1 is 1.46 bits per heavy atom. The van der Waals surface area contributed by atoms with Gasteiger partial charge in [0.2, 0.25) is 5.91 Å². The number of hydrogen-bond acceptors (Lipinski definition) is 5. The second-order valence-electron chi connectivity index (χ2n) is 6.77. The molecule has 0 spiro atoms. The number of anilines is 1. The van der Waals surface area contributed by atoms with E-state index in [0.29, 0.717) is 30.6 Å². The van der Waals surface area contributed by atoms with Gasteiger partial charge in [0.15, 0.2) is 0 Å². The van der Waals surface area contributed by atoms with Crippen molar-refractivity contribution in [3.63, 3.8) is 0 Å². The first kappa shape index (κ1) is 14.9. The minimum atomic E-state index is 0.126. The fraction of sp³-hybridized carbons (Fsp3) is 0.529. The number of carbonyl (C=O) groups excluding carboxylic acids is 1. The second kappa shape index (κ2) is 5.78. The predicted molar refractivity (Wildman–Crippen MR) is 89.1 cm³/mol. The zero-order chi connectivity index (χ0) is 16.7. The maximum atomic E-state index is 12.0. The van der Waals surface area contributed by atoms with Crippen LogP contribution in [0.4, 0.5) is 5.82 Å². The van der Waals surface area contributed by atoms with Gasteiger partial charge in [0, 0.05) is 45.7 Å². The zero-order valence-corrected chi connectivity index (χ0v) is 13.6. The molecular formula is C17H20N6O. The third-order valence-corrected chi connectivity index (χ3v) is 5.35. The molecular weight excluding hydrogens is 304 g/mol. The van der Waals surface area contributed by atoms with Crippen LogP contribution < -0.4 is 4.90 Å². The summed E-state index contributed by atoms with van der Waals surface area (Å²) in [5.41, 5.74) is 0.858. The van der Waals surface area contributed by atoms with Crippen LogP contribution in [0.25, 0.3) is 11.0 Å². The molecule has 0 aromatic carbocycles. The lowest BCUT2D eigenvalue weighted by molar-refractivity contribution is -0.130. The fourth-order valence-electron chi connectivity index (χ4n) is 4.01. The van der Waals surface area contributed by atoms with Gasteiger partial charge in [-0.05, 0) is 23.8 Å². The van der Waals surface area contributed by atoms with Crippen molar-refractivity contribution in [3.8, 4) is 6.07 Å². The standard InChI is InChI=1S/C17H20N6O/c1-22(17-11-4-6-19-16(11)20-10-21-17)7-12-13-8-23(9-14(12)13)15(24)3-2-5-18/h4,6,10,12-14H,2-3,7-9H2,1H3,(H,19,20,21). The SMILES string of the molecule is CN(CC1C2CN(C(=O)CCC#N)CC21)c1ncnc2[nH]ccc12. The molecule has 2 aromatic heterocycles. The molecule has 7 heteroatoms. The normalized spacial score (nSPS) is 24.7. The Hall–Kier alpha value is -2.62. The van der Waals surface area contributed by atoms with Crippen molar-refractivity contribution in [2.75, 3.05) is 31.6 Å². The molecule has 1 saturated carbocycles. The Bertz CT molecular complexity index is 797. The third kappa shape index (κ3) is 2.48. The molecule has 1 aliphatic carbocycles. The van der Waals surface area contributed by atoms with Crippen LogP contribution in [0.3, 0.4) is 0 Å². The minimum absolute atomic E-state index is 0.126. The highest BCUT2D eigenvalue weighted by molar-refractivity contribution is 5.87. The summed E-state index contributed by atoms with van der Waals surface area (Å²) in [6.07, 6.45) is 4.14. The maximum absolute atomic E-state index is 12.0. The van der Waals surface area contributed by atoms with Crippen LogP contribution in [0.2, 0.25) is 0 Å². The number of hydrogen-bond donors (Lipinski definition) is 1. The van der Waals surface area contributed by atoms with E-state index in [1.165, 1.54) is 0 Å². The van der Waals surface area contributed by atoms with Crippen LogP contribution in [-0.2, 0) is 4.79 Å². The number of nitrogens with one attached hydrogen (secondary N) is 1. The van der Waals surface area contributed by atoms with Crippen LogP contribution in [0.1, 0.15) is 12.8 Å². The Kier molecular flexibility index (Phi) is 3.60. The molecule has 3 heterocycles. The molecule has 2 aliphatic rings. The molecule has 2 fully saturated rings. The highest BCUT2D eigenvalue weighted by atomic mass is 16.2. The second-order valence-corrected chi connectivity index (χ2v) is 6.77. The van der Waals surface area contributed by atoms with E-state index in [1.807, 2.05) is 23.2 Å². The molecule has 4 rings (SSSR count). The first-order valence-electron chi connectivity index (χ1n) is 8.33. The van der Waals surface area contributed by atoms with Crippen LogP contribution in [0.15, 0.2) is 18.6 Å². The quantitative estimate of drug-likeness (QED) is 0.898. The molecule has 1 N–H and O–H groups in total. The molecule has 2 aromatic rings. The van der Waals surface area contributed by atoms with Crippen LogP contribution in [0, 0.1) is 29.1 Å². The number of carbonyl (C=O) groups is 1. The average molecular weight is 324 g/mol. The van der Waals surface area contributed by atoms with Gasteiger partial charge in [0.05, 0.1) is 11.5 Å². The van der Waals surface area contributed by atoms with Crippen molar-refractivity contribution >= 4 is 22.8 Å². The van der Waals surface area contributed by atoms with Crippen molar-refractivity contribution in [2.24, 2.45) is 17.8 Å². The molecule has 0 bridgehead atoms. The number of amides is 1. The van der Waals surface area contributed by atoms with E-state index in [1.54, 1.807) is 6.33 Å². The van der Waals surface area contributed by atoms with E-state index in [-0.39, 0.29) is 5.91 Å². The lowest BCUT2D eigenvalue weighted by atomic mass is 10.2. The summed E-state index contributed by atoms with van der Waals surface area (Å²) in [5, 5.41) is 9.63. The number of piperidine rings is 1. The van der Waals surface area contributed by atoms with Gasteiger partial charge in [0.1, 0.15) is 17.8 Å². The van der Waals surface area contributed by atoms with Crippen molar-refractivity contribution < 1.29 is 4.79 Å². The number of nitrogens with zero attached hydrogens (tertiary/aromatic N) is 5. The molecule has 0 radical (unpaired) electrons. The Labute approximate surface area is 140 Å². The van der Waals surface area contributed by atoms with E-state index in [4.69, 9.17) is 5.26 Å². The summed E-state index contributed by atoms with van der Waals surface area (Å²) in [7, 11) is 2.07. The third-order valence-electron chi connectivity index (χ3n) is 5.35. The highest BCUT2D eigenvalue weighted by Crippen LogP contribution is 2.52. The van der Waals surface area contributed by atoms with E-state index in [9.17, 15) is 4.79 Å². The first-order chi connectivity index (χ1) is 11.7. The predicted octanol–water partition coefficient (Wildman–Crippen LogP) is 1.40. The molecule has 2 unspecified atom stereocenters. The van der Waals surface area contributed by atoms with Crippen molar-refractivity contribution in [1.29, 1.82) is 5.26 Å². The Morgan fingerprint density at radius 3 is 3.00 bits per heavy atom. The lowest BCUT2D eigenvalue weighted by Crippen LogP contribution is -2.33. The van der Waals surface area contributed by atoms with Gasteiger partial charge in [-0.15, -0.1) is 0 Å². The minimum Gasteiger partial charge on any atom is -0.359 e. The maximum Gasteiger partial charge on any atom is 0.223 e. The van der Waals surface area contributed by atoms with Crippen LogP contribution in [0.5, 0.6) is 0 Å². The summed E-state index contributed by atoms with van der Waals surface area (Å²) < 4.78 is 0. The number of aromatic nitrogens is 3. The molecule has 1 aliphatic heterocycles.